The first-order chi connectivity index (χ1) is 10.2. The largest absolute Gasteiger partial charge is 0.493 e. The topological polar surface area (TPSA) is 56.8 Å². The fraction of sp³-hybridized carbons (Fsp3) is 0.562. The number of para-hydroxylation sites is 1. The Bertz CT molecular complexity index is 489. The van der Waals surface area contributed by atoms with Crippen molar-refractivity contribution in [1.82, 2.24) is 5.32 Å². The second-order valence-corrected chi connectivity index (χ2v) is 5.20. The lowest BCUT2D eigenvalue weighted by molar-refractivity contribution is -0.133. The summed E-state index contributed by atoms with van der Waals surface area (Å²) in [6, 6.07) is 5.64. The van der Waals surface area contributed by atoms with Gasteiger partial charge in [0.05, 0.1) is 26.2 Å². The summed E-state index contributed by atoms with van der Waals surface area (Å²) in [6.07, 6.45) is 1.79. The van der Waals surface area contributed by atoms with Crippen LogP contribution in [-0.4, -0.2) is 32.8 Å². The van der Waals surface area contributed by atoms with Crippen molar-refractivity contribution in [3.63, 3.8) is 0 Å². The minimum absolute atomic E-state index is 0.0223. The lowest BCUT2D eigenvalue weighted by Gasteiger charge is -2.28. The number of methoxy groups -OCH3 is 2. The second kappa shape index (κ2) is 7.31. The molecule has 1 aliphatic rings. The lowest BCUT2D eigenvalue weighted by atomic mass is 9.94. The van der Waals surface area contributed by atoms with Crippen molar-refractivity contribution < 1.29 is 19.0 Å². The number of nitrogens with one attached hydrogen (secondary N) is 1. The van der Waals surface area contributed by atoms with Crippen LogP contribution in [-0.2, 0) is 16.1 Å². The average molecular weight is 293 g/mol. The van der Waals surface area contributed by atoms with Crippen molar-refractivity contribution >= 4 is 5.91 Å². The molecule has 2 unspecified atom stereocenters. The molecule has 1 amide bonds. The minimum Gasteiger partial charge on any atom is -0.493 e. The number of carbonyl (C=O) groups excluding carboxylic acids is 1. The Morgan fingerprint density at radius 2 is 2.19 bits per heavy atom. The highest BCUT2D eigenvalue weighted by Crippen LogP contribution is 2.30. The third-order valence-electron chi connectivity index (χ3n) is 3.88. The summed E-state index contributed by atoms with van der Waals surface area (Å²) in [6.45, 7) is 3.12. The quantitative estimate of drug-likeness (QED) is 0.903. The van der Waals surface area contributed by atoms with Crippen LogP contribution in [0.2, 0.25) is 0 Å². The van der Waals surface area contributed by atoms with Crippen LogP contribution in [0.1, 0.15) is 25.3 Å². The van der Waals surface area contributed by atoms with E-state index in [4.69, 9.17) is 14.2 Å². The Hall–Kier alpha value is -1.75. The van der Waals surface area contributed by atoms with Crippen LogP contribution in [0.15, 0.2) is 18.2 Å². The molecule has 5 nitrogen and oxygen atoms in total. The van der Waals surface area contributed by atoms with Gasteiger partial charge in [0.1, 0.15) is 0 Å². The molecule has 0 radical (unpaired) electrons. The number of benzene rings is 1. The van der Waals surface area contributed by atoms with Gasteiger partial charge in [0, 0.05) is 18.7 Å². The van der Waals surface area contributed by atoms with E-state index in [2.05, 4.69) is 5.32 Å². The van der Waals surface area contributed by atoms with Crippen LogP contribution >= 0.6 is 0 Å². The van der Waals surface area contributed by atoms with Crippen molar-refractivity contribution in [3.05, 3.63) is 23.8 Å². The van der Waals surface area contributed by atoms with Crippen molar-refractivity contribution in [2.45, 2.75) is 32.4 Å². The molecule has 0 spiro atoms. The molecule has 21 heavy (non-hydrogen) atoms. The zero-order valence-electron chi connectivity index (χ0n) is 12.8. The number of ether oxygens (including phenoxy) is 3. The maximum atomic E-state index is 12.3. The van der Waals surface area contributed by atoms with Crippen LogP contribution in [0.5, 0.6) is 11.5 Å². The summed E-state index contributed by atoms with van der Waals surface area (Å²) in [5.41, 5.74) is 0.898. The molecule has 0 aliphatic carbocycles. The first-order valence-electron chi connectivity index (χ1n) is 7.26. The summed E-state index contributed by atoms with van der Waals surface area (Å²) in [5.74, 6) is 1.29. The Labute approximate surface area is 125 Å². The molecule has 1 aromatic rings. The maximum Gasteiger partial charge on any atom is 0.225 e. The molecule has 0 bridgehead atoms. The molecule has 2 atom stereocenters. The summed E-state index contributed by atoms with van der Waals surface area (Å²) in [7, 11) is 3.20. The Morgan fingerprint density at radius 1 is 1.38 bits per heavy atom. The van der Waals surface area contributed by atoms with Gasteiger partial charge in [-0.25, -0.2) is 0 Å². The van der Waals surface area contributed by atoms with Gasteiger partial charge in [0.15, 0.2) is 11.5 Å². The van der Waals surface area contributed by atoms with E-state index in [1.807, 2.05) is 25.1 Å². The predicted octanol–water partition coefficient (Wildman–Crippen LogP) is 2.14. The zero-order chi connectivity index (χ0) is 15.2. The Kier molecular flexibility index (Phi) is 5.44. The average Bonchev–Trinajstić information content (AvgIpc) is 2.52. The second-order valence-electron chi connectivity index (χ2n) is 5.20. The van der Waals surface area contributed by atoms with Gasteiger partial charge in [0.2, 0.25) is 5.91 Å². The molecule has 1 saturated heterocycles. The van der Waals surface area contributed by atoms with Gasteiger partial charge >= 0.3 is 0 Å². The molecular formula is C16H23NO4. The van der Waals surface area contributed by atoms with Gasteiger partial charge in [-0.15, -0.1) is 0 Å². The molecule has 1 heterocycles. The highest BCUT2D eigenvalue weighted by molar-refractivity contribution is 5.79. The van der Waals surface area contributed by atoms with E-state index in [0.717, 1.165) is 25.0 Å². The zero-order valence-corrected chi connectivity index (χ0v) is 12.8. The van der Waals surface area contributed by atoms with Gasteiger partial charge in [-0.1, -0.05) is 12.1 Å². The molecule has 1 aromatic carbocycles. The summed E-state index contributed by atoms with van der Waals surface area (Å²) in [5, 5.41) is 2.97. The van der Waals surface area contributed by atoms with Crippen LogP contribution in [0, 0.1) is 5.92 Å². The minimum atomic E-state index is -0.0737. The number of carbonyl (C=O) groups is 1. The van der Waals surface area contributed by atoms with E-state index >= 15 is 0 Å². The summed E-state index contributed by atoms with van der Waals surface area (Å²) >= 11 is 0. The van der Waals surface area contributed by atoms with Crippen LogP contribution in [0.3, 0.4) is 0 Å². The van der Waals surface area contributed by atoms with E-state index in [9.17, 15) is 4.79 Å². The van der Waals surface area contributed by atoms with Gasteiger partial charge in [-0.3, -0.25) is 4.79 Å². The summed E-state index contributed by atoms with van der Waals surface area (Å²) < 4.78 is 16.2. The number of hydrogen-bond donors (Lipinski definition) is 1. The van der Waals surface area contributed by atoms with E-state index in [1.165, 1.54) is 0 Å². The van der Waals surface area contributed by atoms with Crippen molar-refractivity contribution in [1.29, 1.82) is 0 Å². The number of rotatable bonds is 5. The van der Waals surface area contributed by atoms with E-state index < -0.39 is 0 Å². The first kappa shape index (κ1) is 15.6. The normalized spacial score (nSPS) is 21.7. The molecule has 1 N–H and O–H groups in total. The molecule has 1 aliphatic heterocycles. The fourth-order valence-corrected chi connectivity index (χ4v) is 2.67. The van der Waals surface area contributed by atoms with Crippen molar-refractivity contribution in [2.75, 3.05) is 20.8 Å². The van der Waals surface area contributed by atoms with Crippen molar-refractivity contribution in [3.8, 4) is 11.5 Å². The number of amides is 1. The number of hydrogen-bond acceptors (Lipinski definition) is 4. The standard InChI is InChI=1S/C16H23NO4/c1-11-13(7-5-9-21-11)16(18)17-10-12-6-4-8-14(19-2)15(12)20-3/h4,6,8,11,13H,5,7,9-10H2,1-3H3,(H,17,18). The van der Waals surface area contributed by atoms with Gasteiger partial charge in [-0.05, 0) is 25.8 Å². The monoisotopic (exact) mass is 293 g/mol. The molecule has 1 fully saturated rings. The fourth-order valence-electron chi connectivity index (χ4n) is 2.67. The van der Waals surface area contributed by atoms with Gasteiger partial charge < -0.3 is 19.5 Å². The van der Waals surface area contributed by atoms with Crippen molar-refractivity contribution in [2.24, 2.45) is 5.92 Å². The Balaban J connectivity index is 2.01. The lowest BCUT2D eigenvalue weighted by Crippen LogP contribution is -2.39. The SMILES string of the molecule is COc1cccc(CNC(=O)C2CCCOC2C)c1OC. The molecule has 0 saturated carbocycles. The van der Waals surface area contributed by atoms with Gasteiger partial charge in [0.25, 0.3) is 0 Å². The highest BCUT2D eigenvalue weighted by atomic mass is 16.5. The molecule has 5 heteroatoms. The summed E-state index contributed by atoms with van der Waals surface area (Å²) in [4.78, 5) is 12.3. The Morgan fingerprint density at radius 3 is 2.86 bits per heavy atom. The van der Waals surface area contributed by atoms with Crippen LogP contribution in [0.25, 0.3) is 0 Å². The third-order valence-corrected chi connectivity index (χ3v) is 3.88. The smallest absolute Gasteiger partial charge is 0.225 e. The molecule has 0 aromatic heterocycles. The molecule has 116 valence electrons. The molecular weight excluding hydrogens is 270 g/mol. The van der Waals surface area contributed by atoms with Crippen LogP contribution in [0.4, 0.5) is 0 Å². The first-order valence-corrected chi connectivity index (χ1v) is 7.26. The van der Waals surface area contributed by atoms with E-state index in [-0.39, 0.29) is 17.9 Å². The van der Waals surface area contributed by atoms with E-state index in [1.54, 1.807) is 14.2 Å². The van der Waals surface area contributed by atoms with E-state index in [0.29, 0.717) is 18.0 Å². The molecule has 2 rings (SSSR count). The van der Waals surface area contributed by atoms with Gasteiger partial charge in [-0.2, -0.15) is 0 Å². The highest BCUT2D eigenvalue weighted by Gasteiger charge is 2.28. The third kappa shape index (κ3) is 3.67. The predicted molar refractivity (Wildman–Crippen MR) is 79.5 cm³/mol. The maximum absolute atomic E-state index is 12.3. The van der Waals surface area contributed by atoms with Crippen LogP contribution < -0.4 is 14.8 Å².